The fourth-order valence-electron chi connectivity index (χ4n) is 1.46. The maximum atomic E-state index is 12.3. The molecule has 0 rings (SSSR count). The van der Waals surface area contributed by atoms with Gasteiger partial charge in [0, 0.05) is 6.42 Å². The van der Waals surface area contributed by atoms with E-state index in [4.69, 9.17) is 9.05 Å². The van der Waals surface area contributed by atoms with Crippen molar-refractivity contribution in [2.24, 2.45) is 0 Å². The molecule has 90 valence electrons. The number of aldehydes is 1. The zero-order valence-electron chi connectivity index (χ0n) is 9.77. The van der Waals surface area contributed by atoms with E-state index in [1.807, 2.05) is 6.92 Å². The van der Waals surface area contributed by atoms with Gasteiger partial charge in [-0.25, -0.2) is 0 Å². The first-order valence-electron chi connectivity index (χ1n) is 5.47. The van der Waals surface area contributed by atoms with Crippen LogP contribution in [0.5, 0.6) is 0 Å². The van der Waals surface area contributed by atoms with Crippen LogP contribution in [-0.2, 0) is 18.4 Å². The van der Waals surface area contributed by atoms with Crippen molar-refractivity contribution in [3.63, 3.8) is 0 Å². The molecular weight excluding hydrogens is 215 g/mol. The second kappa shape index (κ2) is 8.03. The van der Waals surface area contributed by atoms with Gasteiger partial charge in [-0.2, -0.15) is 0 Å². The van der Waals surface area contributed by atoms with Gasteiger partial charge in [-0.05, 0) is 20.3 Å². The average Bonchev–Trinajstić information content (AvgIpc) is 2.18. The van der Waals surface area contributed by atoms with Crippen LogP contribution in [-0.4, -0.2) is 25.2 Å². The molecule has 0 amide bonds. The molecule has 0 fully saturated rings. The lowest BCUT2D eigenvalue weighted by molar-refractivity contribution is -0.108. The Morgan fingerprint density at radius 3 is 2.07 bits per heavy atom. The Hall–Kier alpha value is -0.180. The molecule has 0 aromatic carbocycles. The highest BCUT2D eigenvalue weighted by Crippen LogP contribution is 2.55. The minimum absolute atomic E-state index is 0.241. The third-order valence-corrected chi connectivity index (χ3v) is 4.66. The quantitative estimate of drug-likeness (QED) is 0.456. The fourth-order valence-corrected chi connectivity index (χ4v) is 3.59. The van der Waals surface area contributed by atoms with Crippen molar-refractivity contribution in [1.82, 2.24) is 0 Å². The average molecular weight is 236 g/mol. The Kier molecular flexibility index (Phi) is 7.93. The van der Waals surface area contributed by atoms with Gasteiger partial charge < -0.3 is 13.8 Å². The molecule has 0 saturated heterocycles. The van der Waals surface area contributed by atoms with Crippen LogP contribution in [0.15, 0.2) is 0 Å². The molecule has 0 aliphatic rings. The summed E-state index contributed by atoms with van der Waals surface area (Å²) in [5.41, 5.74) is -0.292. The normalized spacial score (nSPS) is 13.8. The fraction of sp³-hybridized carbons (Fsp3) is 0.900. The molecule has 0 heterocycles. The molecule has 0 aromatic heterocycles. The number of hydrogen-bond donors (Lipinski definition) is 0. The van der Waals surface area contributed by atoms with Crippen LogP contribution in [0.25, 0.3) is 0 Å². The van der Waals surface area contributed by atoms with Crippen molar-refractivity contribution >= 4 is 13.9 Å². The summed E-state index contributed by atoms with van der Waals surface area (Å²) >= 11 is 0. The molecule has 4 nitrogen and oxygen atoms in total. The van der Waals surface area contributed by atoms with Crippen LogP contribution in [0.3, 0.4) is 0 Å². The molecule has 1 atom stereocenters. The lowest BCUT2D eigenvalue weighted by Gasteiger charge is -2.24. The highest BCUT2D eigenvalue weighted by molar-refractivity contribution is 7.54. The molecule has 5 heteroatoms. The molecule has 0 aliphatic heterocycles. The van der Waals surface area contributed by atoms with Crippen LogP contribution in [0, 0.1) is 0 Å². The third kappa shape index (κ3) is 4.92. The Labute approximate surface area is 91.9 Å². The van der Waals surface area contributed by atoms with Gasteiger partial charge in [0.25, 0.3) is 0 Å². The molecule has 0 N–H and O–H groups in total. The number of rotatable bonds is 9. The first-order valence-corrected chi connectivity index (χ1v) is 7.08. The Balaban J connectivity index is 4.63. The van der Waals surface area contributed by atoms with E-state index in [1.165, 1.54) is 0 Å². The lowest BCUT2D eigenvalue weighted by Crippen LogP contribution is -2.14. The summed E-state index contributed by atoms with van der Waals surface area (Å²) in [4.78, 5) is 10.5. The van der Waals surface area contributed by atoms with E-state index in [-0.39, 0.29) is 12.1 Å². The summed E-state index contributed by atoms with van der Waals surface area (Å²) < 4.78 is 22.7. The predicted molar refractivity (Wildman–Crippen MR) is 60.2 cm³/mol. The first kappa shape index (κ1) is 14.8. The largest absolute Gasteiger partial charge is 0.334 e. The highest BCUT2D eigenvalue weighted by Gasteiger charge is 2.34. The van der Waals surface area contributed by atoms with E-state index in [0.29, 0.717) is 19.6 Å². The van der Waals surface area contributed by atoms with E-state index < -0.39 is 7.60 Å². The van der Waals surface area contributed by atoms with Gasteiger partial charge in [-0.1, -0.05) is 13.3 Å². The third-order valence-electron chi connectivity index (χ3n) is 2.06. The van der Waals surface area contributed by atoms with Crippen molar-refractivity contribution in [3.05, 3.63) is 0 Å². The lowest BCUT2D eigenvalue weighted by atomic mass is 10.2. The zero-order chi connectivity index (χ0) is 11.7. The molecule has 0 unspecified atom stereocenters. The molecule has 0 aliphatic carbocycles. The van der Waals surface area contributed by atoms with Crippen molar-refractivity contribution in [2.45, 2.75) is 45.7 Å². The predicted octanol–water partition coefficient (Wildman–Crippen LogP) is 3.01. The summed E-state index contributed by atoms with van der Waals surface area (Å²) in [6, 6.07) is 0. The molecule has 15 heavy (non-hydrogen) atoms. The van der Waals surface area contributed by atoms with Crippen molar-refractivity contribution in [3.8, 4) is 0 Å². The summed E-state index contributed by atoms with van der Waals surface area (Å²) in [5.74, 6) is 0. The smallest absolute Gasteiger partial charge is 0.309 e. The molecule has 0 radical (unpaired) electrons. The second-order valence-electron chi connectivity index (χ2n) is 3.22. The zero-order valence-corrected chi connectivity index (χ0v) is 10.7. The Bertz CT molecular complexity index is 207. The van der Waals surface area contributed by atoms with Crippen LogP contribution in [0.1, 0.15) is 40.0 Å². The highest BCUT2D eigenvalue weighted by atomic mass is 31.2. The van der Waals surface area contributed by atoms with Crippen LogP contribution < -0.4 is 0 Å². The molecular formula is C10H21O4P. The summed E-state index contributed by atoms with van der Waals surface area (Å²) in [5, 5.41) is 0. The first-order chi connectivity index (χ1) is 7.14. The van der Waals surface area contributed by atoms with Crippen molar-refractivity contribution < 1.29 is 18.4 Å². The van der Waals surface area contributed by atoms with Gasteiger partial charge in [0.05, 0.1) is 18.9 Å². The standard InChI is InChI=1S/C10H21O4P/c1-4-7-10(8-9-11)15(12,13-5-2)14-6-3/h9-10H,4-8H2,1-3H3/t10-/m1/s1. The SMILES string of the molecule is CCC[C@H](CC=O)P(=O)(OCC)OCC. The van der Waals surface area contributed by atoms with Gasteiger partial charge in [0.15, 0.2) is 0 Å². The molecule has 0 bridgehead atoms. The summed E-state index contributed by atoms with van der Waals surface area (Å²) in [6.07, 6.45) is 2.58. The van der Waals surface area contributed by atoms with Crippen LogP contribution in [0.4, 0.5) is 0 Å². The number of carbonyl (C=O) groups excluding carboxylic acids is 1. The Morgan fingerprint density at radius 1 is 1.20 bits per heavy atom. The topological polar surface area (TPSA) is 52.6 Å². The number of hydrogen-bond acceptors (Lipinski definition) is 4. The van der Waals surface area contributed by atoms with Gasteiger partial charge in [-0.3, -0.25) is 4.57 Å². The maximum Gasteiger partial charge on any atom is 0.334 e. The van der Waals surface area contributed by atoms with E-state index in [1.54, 1.807) is 13.8 Å². The molecule has 0 spiro atoms. The van der Waals surface area contributed by atoms with Gasteiger partial charge in [-0.15, -0.1) is 0 Å². The molecule has 0 saturated carbocycles. The minimum Gasteiger partial charge on any atom is -0.309 e. The van der Waals surface area contributed by atoms with Crippen LogP contribution in [0.2, 0.25) is 0 Å². The Morgan fingerprint density at radius 2 is 1.73 bits per heavy atom. The number of carbonyl (C=O) groups is 1. The molecule has 0 aromatic rings. The summed E-state index contributed by atoms with van der Waals surface area (Å²) in [6.45, 7) is 6.22. The monoisotopic (exact) mass is 236 g/mol. The second-order valence-corrected chi connectivity index (χ2v) is 5.55. The van der Waals surface area contributed by atoms with Gasteiger partial charge in [0.1, 0.15) is 6.29 Å². The van der Waals surface area contributed by atoms with Crippen molar-refractivity contribution in [1.29, 1.82) is 0 Å². The van der Waals surface area contributed by atoms with E-state index in [0.717, 1.165) is 12.7 Å². The van der Waals surface area contributed by atoms with Crippen LogP contribution >= 0.6 is 7.60 Å². The van der Waals surface area contributed by atoms with Crippen molar-refractivity contribution in [2.75, 3.05) is 13.2 Å². The van der Waals surface area contributed by atoms with Gasteiger partial charge >= 0.3 is 7.60 Å². The van der Waals surface area contributed by atoms with Gasteiger partial charge in [0.2, 0.25) is 0 Å². The maximum absolute atomic E-state index is 12.3. The van der Waals surface area contributed by atoms with E-state index >= 15 is 0 Å². The van der Waals surface area contributed by atoms with E-state index in [9.17, 15) is 9.36 Å². The summed E-state index contributed by atoms with van der Waals surface area (Å²) in [7, 11) is -3.09. The van der Waals surface area contributed by atoms with E-state index in [2.05, 4.69) is 0 Å². The minimum atomic E-state index is -3.09.